The Kier molecular flexibility index (Phi) is 8.35. The van der Waals surface area contributed by atoms with Crippen LogP contribution in [0.1, 0.15) is 71.7 Å². The van der Waals surface area contributed by atoms with Gasteiger partial charge in [0.15, 0.2) is 28.7 Å². The summed E-state index contributed by atoms with van der Waals surface area (Å²) in [4.78, 5) is 12.7. The summed E-state index contributed by atoms with van der Waals surface area (Å²) < 4.78 is 21.8. The van der Waals surface area contributed by atoms with Gasteiger partial charge in [-0.25, -0.2) is 4.39 Å². The summed E-state index contributed by atoms with van der Waals surface area (Å²) >= 11 is 1.40. The van der Waals surface area contributed by atoms with E-state index in [4.69, 9.17) is 4.74 Å². The molecule has 8 heteroatoms. The van der Waals surface area contributed by atoms with Crippen LogP contribution >= 0.6 is 11.8 Å². The Bertz CT molecular complexity index is 867. The normalized spacial score (nSPS) is 16.8. The molecule has 1 fully saturated rings. The number of carbonyl (C=O) groups excluding carboxylic acids is 1. The van der Waals surface area contributed by atoms with Gasteiger partial charge >= 0.3 is 0 Å². The molecule has 1 aliphatic carbocycles. The van der Waals surface area contributed by atoms with E-state index < -0.39 is 11.9 Å². The Morgan fingerprint density at radius 2 is 1.90 bits per heavy atom. The number of ether oxygens (including phenoxy) is 1. The number of nitrogens with zero attached hydrogens (tertiary/aromatic N) is 3. The molecule has 0 aliphatic heterocycles. The van der Waals surface area contributed by atoms with E-state index in [1.165, 1.54) is 37.1 Å². The summed E-state index contributed by atoms with van der Waals surface area (Å²) in [7, 11) is 0. The van der Waals surface area contributed by atoms with Gasteiger partial charge in [0, 0.05) is 12.6 Å². The van der Waals surface area contributed by atoms with Crippen molar-refractivity contribution in [2.45, 2.75) is 88.9 Å². The number of hydrogen-bond acceptors (Lipinski definition) is 5. The van der Waals surface area contributed by atoms with Crippen LogP contribution in [0.4, 0.5) is 4.39 Å². The molecule has 1 heterocycles. The van der Waals surface area contributed by atoms with Crippen LogP contribution in [0, 0.1) is 11.7 Å². The monoisotopic (exact) mass is 448 g/mol. The zero-order valence-corrected chi connectivity index (χ0v) is 19.6. The third kappa shape index (κ3) is 6.45. The minimum Gasteiger partial charge on any atom is -0.480 e. The van der Waals surface area contributed by atoms with Crippen LogP contribution in [0.3, 0.4) is 0 Å². The average Bonchev–Trinajstić information content (AvgIpc) is 3.12. The molecule has 170 valence electrons. The van der Waals surface area contributed by atoms with E-state index >= 15 is 0 Å². The maximum Gasteiger partial charge on any atom is 0.233 e. The summed E-state index contributed by atoms with van der Waals surface area (Å²) in [5.41, 5.74) is 0. The van der Waals surface area contributed by atoms with Crippen LogP contribution in [-0.2, 0) is 11.3 Å². The number of benzene rings is 1. The number of hydrogen-bond donors (Lipinski definition) is 1. The van der Waals surface area contributed by atoms with Crippen molar-refractivity contribution in [2.24, 2.45) is 5.92 Å². The predicted octanol–water partition coefficient (Wildman–Crippen LogP) is 5.14. The van der Waals surface area contributed by atoms with Crippen LogP contribution in [0.25, 0.3) is 0 Å². The van der Waals surface area contributed by atoms with Crippen molar-refractivity contribution in [3.05, 3.63) is 35.9 Å². The molecular formula is C23H33FN4O2S. The SMILES string of the molecule is CC(C)Cn1c(SC(C)C(=O)NC2CCCCC2)nnc1C(C)Oc1ccccc1F. The van der Waals surface area contributed by atoms with Crippen molar-refractivity contribution in [2.75, 3.05) is 0 Å². The van der Waals surface area contributed by atoms with Gasteiger partial charge in [0.25, 0.3) is 0 Å². The molecule has 0 saturated heterocycles. The summed E-state index contributed by atoms with van der Waals surface area (Å²) in [6.07, 6.45) is 5.24. The molecule has 2 aromatic rings. The Morgan fingerprint density at radius 1 is 1.19 bits per heavy atom. The first-order chi connectivity index (χ1) is 14.8. The van der Waals surface area contributed by atoms with Crippen LogP contribution < -0.4 is 10.1 Å². The van der Waals surface area contributed by atoms with Crippen molar-refractivity contribution in [1.82, 2.24) is 20.1 Å². The first-order valence-electron chi connectivity index (χ1n) is 11.2. The van der Waals surface area contributed by atoms with Crippen molar-refractivity contribution in [3.8, 4) is 5.75 Å². The highest BCUT2D eigenvalue weighted by Gasteiger charge is 2.25. The van der Waals surface area contributed by atoms with E-state index in [0.29, 0.717) is 23.4 Å². The Morgan fingerprint density at radius 3 is 2.58 bits per heavy atom. The number of nitrogens with one attached hydrogen (secondary N) is 1. The molecule has 1 N–H and O–H groups in total. The maximum absolute atomic E-state index is 14.0. The highest BCUT2D eigenvalue weighted by atomic mass is 32.2. The highest BCUT2D eigenvalue weighted by molar-refractivity contribution is 8.00. The predicted molar refractivity (Wildman–Crippen MR) is 121 cm³/mol. The minimum atomic E-state index is -0.483. The fourth-order valence-electron chi connectivity index (χ4n) is 3.79. The highest BCUT2D eigenvalue weighted by Crippen LogP contribution is 2.29. The van der Waals surface area contributed by atoms with Gasteiger partial charge in [-0.1, -0.05) is 57.0 Å². The van der Waals surface area contributed by atoms with Crippen LogP contribution in [0.5, 0.6) is 5.75 Å². The van der Waals surface area contributed by atoms with Gasteiger partial charge in [0.05, 0.1) is 5.25 Å². The summed E-state index contributed by atoms with van der Waals surface area (Å²) in [5, 5.41) is 12.3. The number of thioether (sulfide) groups is 1. The zero-order valence-electron chi connectivity index (χ0n) is 18.8. The smallest absolute Gasteiger partial charge is 0.233 e. The van der Waals surface area contributed by atoms with Gasteiger partial charge in [-0.2, -0.15) is 0 Å². The molecule has 6 nitrogen and oxygen atoms in total. The van der Waals surface area contributed by atoms with E-state index in [1.54, 1.807) is 18.2 Å². The van der Waals surface area contributed by atoms with Crippen LogP contribution in [-0.4, -0.2) is 32.0 Å². The average molecular weight is 449 g/mol. The topological polar surface area (TPSA) is 69.0 Å². The van der Waals surface area contributed by atoms with Crippen molar-refractivity contribution < 1.29 is 13.9 Å². The number of halogens is 1. The van der Waals surface area contributed by atoms with Gasteiger partial charge in [-0.15, -0.1) is 10.2 Å². The molecule has 1 saturated carbocycles. The second kappa shape index (κ2) is 11.0. The molecule has 0 spiro atoms. The summed E-state index contributed by atoms with van der Waals surface area (Å²) in [6.45, 7) is 8.64. The first kappa shape index (κ1) is 23.6. The molecule has 2 unspecified atom stereocenters. The van der Waals surface area contributed by atoms with Gasteiger partial charge in [0.1, 0.15) is 0 Å². The van der Waals surface area contributed by atoms with Crippen molar-refractivity contribution in [1.29, 1.82) is 0 Å². The van der Waals surface area contributed by atoms with Gasteiger partial charge < -0.3 is 14.6 Å². The maximum atomic E-state index is 14.0. The fourth-order valence-corrected chi connectivity index (χ4v) is 4.66. The Labute approximate surface area is 188 Å². The lowest BCUT2D eigenvalue weighted by Gasteiger charge is -2.24. The molecule has 3 rings (SSSR count). The molecule has 0 bridgehead atoms. The van der Waals surface area contributed by atoms with Gasteiger partial charge in [-0.3, -0.25) is 4.79 Å². The van der Waals surface area contributed by atoms with Crippen LogP contribution in [0.2, 0.25) is 0 Å². The summed E-state index contributed by atoms with van der Waals surface area (Å²) in [5.74, 6) is 0.782. The number of aromatic nitrogens is 3. The van der Waals surface area contributed by atoms with E-state index in [9.17, 15) is 9.18 Å². The van der Waals surface area contributed by atoms with Crippen LogP contribution in [0.15, 0.2) is 29.4 Å². The van der Waals surface area contributed by atoms with E-state index in [0.717, 1.165) is 12.8 Å². The summed E-state index contributed by atoms with van der Waals surface area (Å²) in [6, 6.07) is 6.61. The standard InChI is InChI=1S/C23H33FN4O2S/c1-15(2)14-28-21(16(3)30-20-13-9-8-12-19(20)24)26-27-23(28)31-17(4)22(29)25-18-10-6-5-7-11-18/h8-9,12-13,15-18H,5-7,10-11,14H2,1-4H3,(H,25,29). The lowest BCUT2D eigenvalue weighted by Crippen LogP contribution is -2.40. The Hall–Kier alpha value is -2.09. The zero-order chi connectivity index (χ0) is 22.4. The molecule has 2 atom stereocenters. The molecule has 1 aromatic carbocycles. The molecule has 1 aromatic heterocycles. The second-order valence-electron chi connectivity index (χ2n) is 8.64. The minimum absolute atomic E-state index is 0.0354. The van der Waals surface area contributed by atoms with E-state index in [-0.39, 0.29) is 22.9 Å². The fraction of sp³-hybridized carbons (Fsp3) is 0.609. The first-order valence-corrected chi connectivity index (χ1v) is 12.0. The lowest BCUT2D eigenvalue weighted by atomic mass is 9.95. The number of para-hydroxylation sites is 1. The lowest BCUT2D eigenvalue weighted by molar-refractivity contribution is -0.121. The largest absolute Gasteiger partial charge is 0.480 e. The number of carbonyl (C=O) groups is 1. The second-order valence-corrected chi connectivity index (χ2v) is 9.95. The van der Waals surface area contributed by atoms with Gasteiger partial charge in [0.2, 0.25) is 5.91 Å². The third-order valence-electron chi connectivity index (χ3n) is 5.40. The van der Waals surface area contributed by atoms with E-state index in [2.05, 4.69) is 29.4 Å². The van der Waals surface area contributed by atoms with Crippen molar-refractivity contribution >= 4 is 17.7 Å². The molecule has 1 amide bonds. The molecule has 0 radical (unpaired) electrons. The third-order valence-corrected chi connectivity index (χ3v) is 6.48. The molecular weight excluding hydrogens is 415 g/mol. The Balaban J connectivity index is 1.72. The molecule has 31 heavy (non-hydrogen) atoms. The van der Waals surface area contributed by atoms with Gasteiger partial charge in [-0.05, 0) is 44.7 Å². The quantitative estimate of drug-likeness (QED) is 0.538. The van der Waals surface area contributed by atoms with E-state index in [1.807, 2.05) is 18.4 Å². The number of amides is 1. The molecule has 1 aliphatic rings. The number of rotatable bonds is 9. The van der Waals surface area contributed by atoms with Crippen molar-refractivity contribution in [3.63, 3.8) is 0 Å².